The van der Waals surface area contributed by atoms with Crippen LogP contribution >= 0.6 is 0 Å². The molecule has 32 heavy (non-hydrogen) atoms. The van der Waals surface area contributed by atoms with Crippen LogP contribution in [0.5, 0.6) is 17.4 Å². The second-order valence-electron chi connectivity index (χ2n) is 6.95. The van der Waals surface area contributed by atoms with Crippen LogP contribution < -0.4 is 15.2 Å². The summed E-state index contributed by atoms with van der Waals surface area (Å²) >= 11 is 0. The number of hydrogen-bond donors (Lipinski definition) is 1. The van der Waals surface area contributed by atoms with Crippen molar-refractivity contribution >= 4 is 22.7 Å². The molecule has 2 aromatic heterocycles. The predicted molar refractivity (Wildman–Crippen MR) is 117 cm³/mol. The molecule has 0 bridgehead atoms. The molecule has 0 aliphatic carbocycles. The lowest BCUT2D eigenvalue weighted by Crippen LogP contribution is -2.13. The van der Waals surface area contributed by atoms with Crippen LogP contribution in [0.2, 0.25) is 0 Å². The number of nitrogens with two attached hydrogens (primary N) is 1. The number of aromatic nitrogens is 2. The maximum Gasteiger partial charge on any atom is 0.254 e. The van der Waals surface area contributed by atoms with Gasteiger partial charge in [-0.1, -0.05) is 12.1 Å². The summed E-state index contributed by atoms with van der Waals surface area (Å²) in [6.45, 7) is 0. The molecule has 1 amide bonds. The van der Waals surface area contributed by atoms with Gasteiger partial charge in [0.25, 0.3) is 5.91 Å². The third kappa shape index (κ3) is 4.00. The lowest BCUT2D eigenvalue weighted by atomic mass is 10.1. The van der Waals surface area contributed by atoms with Crippen molar-refractivity contribution in [2.24, 2.45) is 5.73 Å². The van der Waals surface area contributed by atoms with Gasteiger partial charge in [0, 0.05) is 23.8 Å². The smallest absolute Gasteiger partial charge is 0.254 e. The first kappa shape index (κ1) is 20.6. The summed E-state index contributed by atoms with van der Waals surface area (Å²) in [7, 11) is 1.53. The monoisotopic (exact) mass is 426 g/mol. The van der Waals surface area contributed by atoms with Crippen LogP contribution in [0.25, 0.3) is 10.9 Å². The minimum Gasteiger partial charge on any atom is -0.497 e. The Kier molecular flexibility index (Phi) is 5.55. The van der Waals surface area contributed by atoms with Crippen molar-refractivity contribution in [3.05, 3.63) is 83.7 Å². The number of amides is 1. The Morgan fingerprint density at radius 3 is 2.59 bits per heavy atom. The zero-order valence-corrected chi connectivity index (χ0v) is 17.1. The normalized spacial score (nSPS) is 10.5. The quantitative estimate of drug-likeness (QED) is 0.502. The minimum atomic E-state index is -0.636. The molecule has 0 saturated heterocycles. The summed E-state index contributed by atoms with van der Waals surface area (Å²) in [6.07, 6.45) is 3.27. The molecule has 0 aliphatic heterocycles. The summed E-state index contributed by atoms with van der Waals surface area (Å²) in [5, 5.41) is 10.2. The number of nitrogens with zero attached hydrogens (tertiary/aromatic N) is 3. The zero-order valence-electron chi connectivity index (χ0n) is 17.1. The number of rotatable bonds is 6. The number of hydrogen-bond acceptors (Lipinski definition) is 6. The van der Waals surface area contributed by atoms with Gasteiger partial charge in [-0.25, -0.2) is 4.98 Å². The summed E-state index contributed by atoms with van der Waals surface area (Å²) in [5.41, 5.74) is 7.19. The highest BCUT2D eigenvalue weighted by molar-refractivity contribution is 5.97. The largest absolute Gasteiger partial charge is 0.497 e. The Balaban J connectivity index is 1.54. The van der Waals surface area contributed by atoms with Crippen LogP contribution in [0.15, 0.2) is 67.0 Å². The van der Waals surface area contributed by atoms with E-state index in [2.05, 4.69) is 11.1 Å². The molecule has 4 aromatic rings. The number of primary amides is 1. The molecule has 0 spiro atoms. The Bertz CT molecular complexity index is 1370. The van der Waals surface area contributed by atoms with E-state index in [1.807, 2.05) is 0 Å². The zero-order chi connectivity index (χ0) is 22.7. The van der Waals surface area contributed by atoms with Gasteiger partial charge < -0.3 is 15.2 Å². The molecular formula is C24H18N4O4. The predicted octanol–water partition coefficient (Wildman–Crippen LogP) is 3.69. The van der Waals surface area contributed by atoms with E-state index < -0.39 is 5.91 Å². The molecular weight excluding hydrogens is 408 g/mol. The van der Waals surface area contributed by atoms with Crippen molar-refractivity contribution < 1.29 is 19.1 Å². The minimum absolute atomic E-state index is 0.113. The van der Waals surface area contributed by atoms with E-state index in [1.54, 1.807) is 54.7 Å². The van der Waals surface area contributed by atoms with E-state index in [0.717, 1.165) is 10.9 Å². The maximum atomic E-state index is 12.9. The number of carbonyl (C=O) groups is 2. The molecule has 158 valence electrons. The average Bonchev–Trinajstić information content (AvgIpc) is 3.24. The fraction of sp³-hybridized carbons (Fsp3) is 0.0833. The van der Waals surface area contributed by atoms with Crippen molar-refractivity contribution in [1.29, 1.82) is 5.26 Å². The fourth-order valence-electron chi connectivity index (χ4n) is 3.37. The summed E-state index contributed by atoms with van der Waals surface area (Å²) < 4.78 is 12.4. The lowest BCUT2D eigenvalue weighted by molar-refractivity contribution is 0.0918. The first-order valence-corrected chi connectivity index (χ1v) is 9.64. The summed E-state index contributed by atoms with van der Waals surface area (Å²) in [5.74, 6) is 0.303. The van der Waals surface area contributed by atoms with Crippen LogP contribution in [0.4, 0.5) is 0 Å². The number of nitriles is 1. The van der Waals surface area contributed by atoms with E-state index >= 15 is 0 Å². The number of fused-ring (bicyclic) bond motifs is 1. The molecule has 2 aromatic carbocycles. The molecule has 0 fully saturated rings. The molecule has 0 radical (unpaired) electrons. The van der Waals surface area contributed by atoms with Gasteiger partial charge in [0.2, 0.25) is 11.8 Å². The SMILES string of the molecule is COc1cc(C#N)c2c(ccn2C(=O)Cc2ccc(Oc3ncccc3C(N)=O)cc2)c1. The molecule has 0 aliphatic rings. The van der Waals surface area contributed by atoms with E-state index in [9.17, 15) is 14.9 Å². The Morgan fingerprint density at radius 1 is 1.12 bits per heavy atom. The van der Waals surface area contributed by atoms with Crippen molar-refractivity contribution in [3.8, 4) is 23.4 Å². The molecule has 8 heteroatoms. The van der Waals surface area contributed by atoms with Gasteiger partial charge in [0.15, 0.2) is 0 Å². The van der Waals surface area contributed by atoms with Crippen LogP contribution in [-0.2, 0) is 6.42 Å². The van der Waals surface area contributed by atoms with E-state index in [4.69, 9.17) is 15.2 Å². The Hall–Kier alpha value is -4.64. The molecule has 0 atom stereocenters. The highest BCUT2D eigenvalue weighted by Crippen LogP contribution is 2.27. The maximum absolute atomic E-state index is 12.9. The summed E-state index contributed by atoms with van der Waals surface area (Å²) in [4.78, 5) is 28.5. The number of pyridine rings is 1. The Labute approximate surface area is 183 Å². The van der Waals surface area contributed by atoms with Crippen LogP contribution in [0.3, 0.4) is 0 Å². The van der Waals surface area contributed by atoms with Crippen molar-refractivity contribution in [2.45, 2.75) is 6.42 Å². The highest BCUT2D eigenvalue weighted by atomic mass is 16.5. The van der Waals surface area contributed by atoms with Gasteiger partial charge >= 0.3 is 0 Å². The van der Waals surface area contributed by atoms with Crippen molar-refractivity contribution in [2.75, 3.05) is 7.11 Å². The van der Waals surface area contributed by atoms with Crippen LogP contribution in [0, 0.1) is 11.3 Å². The molecule has 2 N–H and O–H groups in total. The third-order valence-electron chi connectivity index (χ3n) is 4.91. The molecule has 8 nitrogen and oxygen atoms in total. The first-order chi connectivity index (χ1) is 15.5. The second-order valence-corrected chi connectivity index (χ2v) is 6.95. The number of benzene rings is 2. The second kappa shape index (κ2) is 8.62. The third-order valence-corrected chi connectivity index (χ3v) is 4.91. The number of methoxy groups -OCH3 is 1. The van der Waals surface area contributed by atoms with Gasteiger partial charge in [-0.3, -0.25) is 14.2 Å². The molecule has 0 unspecified atom stereocenters. The van der Waals surface area contributed by atoms with Gasteiger partial charge in [-0.2, -0.15) is 5.26 Å². The summed E-state index contributed by atoms with van der Waals surface area (Å²) in [6, 6.07) is 17.3. The van der Waals surface area contributed by atoms with E-state index in [0.29, 0.717) is 22.6 Å². The number of ether oxygens (including phenoxy) is 2. The first-order valence-electron chi connectivity index (χ1n) is 9.64. The molecule has 0 saturated carbocycles. The highest BCUT2D eigenvalue weighted by Gasteiger charge is 2.15. The van der Waals surface area contributed by atoms with E-state index in [1.165, 1.54) is 23.9 Å². The van der Waals surface area contributed by atoms with Crippen molar-refractivity contribution in [3.63, 3.8) is 0 Å². The van der Waals surface area contributed by atoms with Crippen molar-refractivity contribution in [1.82, 2.24) is 9.55 Å². The van der Waals surface area contributed by atoms with Crippen LogP contribution in [0.1, 0.15) is 26.3 Å². The van der Waals surface area contributed by atoms with E-state index in [-0.39, 0.29) is 23.8 Å². The van der Waals surface area contributed by atoms with Gasteiger partial charge in [0.05, 0.1) is 24.6 Å². The standard InChI is InChI=1S/C24H18N4O4/c1-31-19-12-16-8-10-28(22(16)17(13-19)14-25)21(29)11-15-4-6-18(7-5-15)32-24-20(23(26)30)3-2-9-27-24/h2-10,12-13H,11H2,1H3,(H2,26,30). The fourth-order valence-corrected chi connectivity index (χ4v) is 3.37. The van der Waals surface area contributed by atoms with Gasteiger partial charge in [-0.15, -0.1) is 0 Å². The molecule has 2 heterocycles. The molecule has 4 rings (SSSR count). The topological polar surface area (TPSA) is 120 Å². The average molecular weight is 426 g/mol. The Morgan fingerprint density at radius 2 is 1.91 bits per heavy atom. The van der Waals surface area contributed by atoms with Gasteiger partial charge in [0.1, 0.15) is 23.1 Å². The number of carbonyl (C=O) groups excluding carboxylic acids is 2. The van der Waals surface area contributed by atoms with Gasteiger partial charge in [-0.05, 0) is 42.0 Å². The lowest BCUT2D eigenvalue weighted by Gasteiger charge is -2.09. The van der Waals surface area contributed by atoms with Crippen LogP contribution in [-0.4, -0.2) is 28.5 Å².